The summed E-state index contributed by atoms with van der Waals surface area (Å²) in [6.07, 6.45) is 2.42. The Labute approximate surface area is 118 Å². The second-order valence-electron chi connectivity index (χ2n) is 4.66. The number of benzene rings is 1. The number of hydrazone groups is 1. The summed E-state index contributed by atoms with van der Waals surface area (Å²) in [5, 5.41) is 3.61. The van der Waals surface area contributed by atoms with E-state index < -0.39 is 11.8 Å². The van der Waals surface area contributed by atoms with Crippen LogP contribution in [0.3, 0.4) is 0 Å². The maximum absolute atomic E-state index is 10.8. The molecule has 0 aliphatic carbocycles. The second kappa shape index (κ2) is 7.93. The minimum absolute atomic E-state index is 0.607. The number of hydrogen-bond donors (Lipinski definition) is 2. The highest BCUT2D eigenvalue weighted by Gasteiger charge is 2.05. The molecule has 0 radical (unpaired) electrons. The number of amides is 2. The lowest BCUT2D eigenvalue weighted by atomic mass is 10.1. The van der Waals surface area contributed by atoms with Crippen molar-refractivity contribution in [3.05, 3.63) is 29.8 Å². The van der Waals surface area contributed by atoms with Crippen LogP contribution in [0.2, 0.25) is 0 Å². The molecule has 0 atom stereocenters. The van der Waals surface area contributed by atoms with E-state index in [1.54, 1.807) is 12.1 Å². The zero-order valence-electron chi connectivity index (χ0n) is 11.6. The molecule has 0 bridgehead atoms. The highest BCUT2D eigenvalue weighted by Crippen LogP contribution is 2.12. The number of nitrogens with one attached hydrogen (secondary N) is 1. The zero-order chi connectivity index (χ0) is 15.0. The van der Waals surface area contributed by atoms with Crippen LogP contribution in [0.4, 0.5) is 0 Å². The van der Waals surface area contributed by atoms with Crippen LogP contribution < -0.4 is 15.9 Å². The molecule has 20 heavy (non-hydrogen) atoms. The standard InChI is InChI=1S/C14H19N3O3/c1-10(2)7-8-20-12-5-3-11(4-6-12)9-16-17-14(19)13(15)18/h3-6,9-10H,7-8H2,1-2H3,(H2,15,18)(H,17,19)/b16-9-. The fraction of sp³-hybridized carbons (Fsp3) is 0.357. The number of primary amides is 1. The quantitative estimate of drug-likeness (QED) is 0.462. The Kier molecular flexibility index (Phi) is 6.22. The number of hydrogen-bond acceptors (Lipinski definition) is 4. The van der Waals surface area contributed by atoms with Crippen LogP contribution in [-0.2, 0) is 9.59 Å². The molecule has 0 unspecified atom stereocenters. The van der Waals surface area contributed by atoms with E-state index in [9.17, 15) is 9.59 Å². The van der Waals surface area contributed by atoms with Crippen molar-refractivity contribution in [3.63, 3.8) is 0 Å². The highest BCUT2D eigenvalue weighted by molar-refractivity contribution is 6.34. The smallest absolute Gasteiger partial charge is 0.329 e. The summed E-state index contributed by atoms with van der Waals surface area (Å²) >= 11 is 0. The van der Waals surface area contributed by atoms with Crippen LogP contribution in [0, 0.1) is 5.92 Å². The fourth-order valence-corrected chi connectivity index (χ4v) is 1.28. The summed E-state index contributed by atoms with van der Waals surface area (Å²) in [5.41, 5.74) is 7.55. The minimum atomic E-state index is -1.07. The molecular weight excluding hydrogens is 258 g/mol. The van der Waals surface area contributed by atoms with Crippen molar-refractivity contribution < 1.29 is 14.3 Å². The zero-order valence-corrected chi connectivity index (χ0v) is 11.6. The Morgan fingerprint density at radius 1 is 1.35 bits per heavy atom. The van der Waals surface area contributed by atoms with Gasteiger partial charge in [0, 0.05) is 0 Å². The monoisotopic (exact) mass is 277 g/mol. The molecule has 1 aromatic carbocycles. The highest BCUT2D eigenvalue weighted by atomic mass is 16.5. The molecule has 6 heteroatoms. The number of carbonyl (C=O) groups excluding carboxylic acids is 2. The first-order chi connectivity index (χ1) is 9.49. The lowest BCUT2D eigenvalue weighted by Crippen LogP contribution is -2.32. The Morgan fingerprint density at radius 2 is 2.00 bits per heavy atom. The SMILES string of the molecule is CC(C)CCOc1ccc(/C=N\NC(=O)C(N)=O)cc1. The maximum atomic E-state index is 10.8. The van der Waals surface area contributed by atoms with Crippen molar-refractivity contribution >= 4 is 18.0 Å². The molecule has 0 saturated heterocycles. The van der Waals surface area contributed by atoms with E-state index in [1.807, 2.05) is 17.6 Å². The molecule has 0 aliphatic heterocycles. The first-order valence-electron chi connectivity index (χ1n) is 6.34. The fourth-order valence-electron chi connectivity index (χ4n) is 1.28. The van der Waals surface area contributed by atoms with Crippen LogP contribution in [0.15, 0.2) is 29.4 Å². The van der Waals surface area contributed by atoms with E-state index in [4.69, 9.17) is 10.5 Å². The molecule has 0 aromatic heterocycles. The van der Waals surface area contributed by atoms with Crippen LogP contribution in [-0.4, -0.2) is 24.6 Å². The minimum Gasteiger partial charge on any atom is -0.494 e. The number of nitrogens with two attached hydrogens (primary N) is 1. The van der Waals surface area contributed by atoms with Crippen LogP contribution in [0.25, 0.3) is 0 Å². The Bertz CT molecular complexity index is 481. The molecule has 108 valence electrons. The Balaban J connectivity index is 2.44. The van der Waals surface area contributed by atoms with Crippen molar-refractivity contribution in [3.8, 4) is 5.75 Å². The van der Waals surface area contributed by atoms with Gasteiger partial charge in [-0.15, -0.1) is 0 Å². The summed E-state index contributed by atoms with van der Waals surface area (Å²) in [6.45, 7) is 4.96. The third kappa shape index (κ3) is 5.99. The van der Waals surface area contributed by atoms with Gasteiger partial charge in [0.25, 0.3) is 0 Å². The van der Waals surface area contributed by atoms with Crippen molar-refractivity contribution in [1.29, 1.82) is 0 Å². The van der Waals surface area contributed by atoms with Gasteiger partial charge in [0.05, 0.1) is 12.8 Å². The van der Waals surface area contributed by atoms with E-state index in [0.717, 1.165) is 17.7 Å². The van der Waals surface area contributed by atoms with Gasteiger partial charge in [-0.05, 0) is 42.2 Å². The first-order valence-corrected chi connectivity index (χ1v) is 6.34. The predicted octanol–water partition coefficient (Wildman–Crippen LogP) is 1.05. The molecule has 1 rings (SSSR count). The van der Waals surface area contributed by atoms with Gasteiger partial charge < -0.3 is 10.5 Å². The number of ether oxygens (including phenoxy) is 1. The molecule has 0 heterocycles. The van der Waals surface area contributed by atoms with Gasteiger partial charge in [-0.1, -0.05) is 13.8 Å². The molecule has 0 saturated carbocycles. The van der Waals surface area contributed by atoms with Crippen LogP contribution in [0.1, 0.15) is 25.8 Å². The number of carbonyl (C=O) groups is 2. The molecular formula is C14H19N3O3. The lowest BCUT2D eigenvalue weighted by Gasteiger charge is -2.07. The summed E-state index contributed by atoms with van der Waals surface area (Å²) in [6, 6.07) is 7.23. The molecule has 2 amide bonds. The molecule has 1 aromatic rings. The Hall–Kier alpha value is -2.37. The van der Waals surface area contributed by atoms with Gasteiger partial charge in [-0.25, -0.2) is 5.43 Å². The van der Waals surface area contributed by atoms with Gasteiger partial charge >= 0.3 is 11.8 Å². The van der Waals surface area contributed by atoms with Gasteiger partial charge in [0.15, 0.2) is 0 Å². The largest absolute Gasteiger partial charge is 0.494 e. The molecule has 3 N–H and O–H groups in total. The van der Waals surface area contributed by atoms with E-state index in [1.165, 1.54) is 6.21 Å². The van der Waals surface area contributed by atoms with E-state index in [2.05, 4.69) is 18.9 Å². The van der Waals surface area contributed by atoms with E-state index >= 15 is 0 Å². The second-order valence-corrected chi connectivity index (χ2v) is 4.66. The number of nitrogens with zero attached hydrogens (tertiary/aromatic N) is 1. The first kappa shape index (κ1) is 15.7. The summed E-state index contributed by atoms with van der Waals surface area (Å²) < 4.78 is 5.57. The van der Waals surface area contributed by atoms with Crippen molar-refractivity contribution in [2.24, 2.45) is 16.8 Å². The average molecular weight is 277 g/mol. The van der Waals surface area contributed by atoms with Crippen molar-refractivity contribution in [2.75, 3.05) is 6.61 Å². The molecule has 0 fully saturated rings. The van der Waals surface area contributed by atoms with Gasteiger partial charge in [0.2, 0.25) is 0 Å². The topological polar surface area (TPSA) is 93.8 Å². The van der Waals surface area contributed by atoms with Crippen LogP contribution in [0.5, 0.6) is 5.75 Å². The van der Waals surface area contributed by atoms with Crippen molar-refractivity contribution in [1.82, 2.24) is 5.43 Å². The van der Waals surface area contributed by atoms with E-state index in [-0.39, 0.29) is 0 Å². The third-order valence-corrected chi connectivity index (χ3v) is 2.45. The molecule has 0 spiro atoms. The molecule has 6 nitrogen and oxygen atoms in total. The summed E-state index contributed by atoms with van der Waals surface area (Å²) in [5.74, 6) is -0.634. The summed E-state index contributed by atoms with van der Waals surface area (Å²) in [7, 11) is 0. The Morgan fingerprint density at radius 3 is 2.55 bits per heavy atom. The van der Waals surface area contributed by atoms with Crippen molar-refractivity contribution in [2.45, 2.75) is 20.3 Å². The van der Waals surface area contributed by atoms with Crippen LogP contribution >= 0.6 is 0 Å². The molecule has 0 aliphatic rings. The number of rotatable bonds is 6. The normalized spacial score (nSPS) is 10.8. The maximum Gasteiger partial charge on any atom is 0.329 e. The van der Waals surface area contributed by atoms with Gasteiger partial charge in [-0.2, -0.15) is 5.10 Å². The average Bonchev–Trinajstić information content (AvgIpc) is 2.40. The van der Waals surface area contributed by atoms with Gasteiger partial charge in [-0.3, -0.25) is 9.59 Å². The predicted molar refractivity (Wildman–Crippen MR) is 76.3 cm³/mol. The van der Waals surface area contributed by atoms with E-state index in [0.29, 0.717) is 12.5 Å². The lowest BCUT2D eigenvalue weighted by molar-refractivity contribution is -0.137. The van der Waals surface area contributed by atoms with Gasteiger partial charge in [0.1, 0.15) is 5.75 Å². The third-order valence-electron chi connectivity index (χ3n) is 2.45. The summed E-state index contributed by atoms with van der Waals surface area (Å²) in [4.78, 5) is 21.3.